The van der Waals surface area contributed by atoms with Crippen molar-refractivity contribution in [2.24, 2.45) is 34.5 Å². The van der Waals surface area contributed by atoms with Crippen LogP contribution in [0.15, 0.2) is 65.1 Å². The molecule has 9 heteroatoms. The highest BCUT2D eigenvalue weighted by Gasteiger charge is 2.65. The fourth-order valence-corrected chi connectivity index (χ4v) is 10.3. The van der Waals surface area contributed by atoms with E-state index in [1.165, 1.54) is 17.8 Å². The Morgan fingerprint density at radius 1 is 1.24 bits per heavy atom. The van der Waals surface area contributed by atoms with Crippen LogP contribution in [0.3, 0.4) is 0 Å². The molecule has 0 spiro atoms. The molecule has 0 radical (unpaired) electrons. The first-order valence-electron chi connectivity index (χ1n) is 15.7. The number of aryl methyl sites for hydroxylation is 1. The second-order valence-corrected chi connectivity index (χ2v) is 14.8. The van der Waals surface area contributed by atoms with Crippen molar-refractivity contribution in [2.45, 2.75) is 75.6 Å². The lowest BCUT2D eigenvalue weighted by Crippen LogP contribution is -2.56. The molecule has 3 saturated carbocycles. The van der Waals surface area contributed by atoms with Crippen LogP contribution in [0.5, 0.6) is 0 Å². The van der Waals surface area contributed by atoms with Gasteiger partial charge in [0, 0.05) is 33.2 Å². The summed E-state index contributed by atoms with van der Waals surface area (Å²) < 4.78 is 22.2. The molecule has 2 aromatic carbocycles. The molecule has 0 amide bonds. The van der Waals surface area contributed by atoms with Crippen LogP contribution < -0.4 is 5.73 Å². The number of thioether (sulfide) groups is 1. The maximum absolute atomic E-state index is 16.0. The van der Waals surface area contributed by atoms with Gasteiger partial charge in [-0.25, -0.2) is 4.39 Å². The van der Waals surface area contributed by atoms with E-state index in [2.05, 4.69) is 6.92 Å². The molecule has 5 N–H and O–H groups in total. The number of halogens is 1. The number of ether oxygens (including phenoxy) is 1. The molecule has 4 aliphatic carbocycles. The van der Waals surface area contributed by atoms with Gasteiger partial charge in [-0.3, -0.25) is 9.59 Å². The van der Waals surface area contributed by atoms with Gasteiger partial charge in [-0.15, -0.1) is 11.8 Å². The summed E-state index contributed by atoms with van der Waals surface area (Å²) in [5.74, 6) is -1.47. The van der Waals surface area contributed by atoms with Gasteiger partial charge < -0.3 is 25.8 Å². The Morgan fingerprint density at radius 2 is 2.02 bits per heavy atom. The Morgan fingerprint density at radius 3 is 2.76 bits per heavy atom. The van der Waals surface area contributed by atoms with E-state index in [0.29, 0.717) is 35.6 Å². The molecule has 2 aromatic rings. The van der Waals surface area contributed by atoms with E-state index >= 15 is 4.39 Å². The quantitative estimate of drug-likeness (QED) is 0.171. The maximum Gasteiger partial charge on any atom is 0.184 e. The number of nitrogen functional groups attached to an aromatic ring is 1. The number of aliphatic hydroxyl groups excluding tert-OH is 3. The van der Waals surface area contributed by atoms with Crippen molar-refractivity contribution in [3.63, 3.8) is 0 Å². The molecule has 45 heavy (non-hydrogen) atoms. The van der Waals surface area contributed by atoms with Crippen molar-refractivity contribution in [2.75, 3.05) is 12.3 Å². The number of nitrogens with two attached hydrogens (primary N) is 1. The SMILES string of the molecule is Cc1ccc([C@@H](O)O[C@@H]2CC3[C@@H]4CCC5=CC(=O)C=C[C@]5(C)C4[C@@H](O)C[C@]3(C)[C@H]2C(=O)CO)c(F)c1SCc1cccc(N)c1. The number of Topliss-reactive ketones (excluding diaryl/α,β-unsaturated/α-hetero) is 1. The molecule has 0 aliphatic heterocycles. The fraction of sp³-hybridized carbons (Fsp3) is 0.500. The Bertz CT molecular complexity index is 1570. The summed E-state index contributed by atoms with van der Waals surface area (Å²) in [5.41, 5.74) is 8.05. The van der Waals surface area contributed by atoms with E-state index in [9.17, 15) is 24.9 Å². The number of fused-ring (bicyclic) bond motifs is 5. The molecule has 2 unspecified atom stereocenters. The lowest BCUT2D eigenvalue weighted by atomic mass is 9.46. The third-order valence-corrected chi connectivity index (χ3v) is 12.5. The zero-order chi connectivity index (χ0) is 32.3. The Labute approximate surface area is 267 Å². The molecule has 7 nitrogen and oxygen atoms in total. The summed E-state index contributed by atoms with van der Waals surface area (Å²) in [6, 6.07) is 10.7. The first-order chi connectivity index (χ1) is 21.4. The number of carbonyl (C=O) groups is 2. The van der Waals surface area contributed by atoms with Crippen molar-refractivity contribution >= 4 is 29.0 Å². The topological polar surface area (TPSA) is 130 Å². The van der Waals surface area contributed by atoms with Crippen LogP contribution in [0.4, 0.5) is 10.1 Å². The summed E-state index contributed by atoms with van der Waals surface area (Å²) in [5, 5.41) is 33.0. The van der Waals surface area contributed by atoms with E-state index in [1.54, 1.807) is 24.3 Å². The van der Waals surface area contributed by atoms with Crippen LogP contribution in [0.25, 0.3) is 0 Å². The van der Waals surface area contributed by atoms with Crippen molar-refractivity contribution < 1.29 is 34.0 Å². The highest BCUT2D eigenvalue weighted by Crippen LogP contribution is 2.66. The first kappa shape index (κ1) is 32.1. The number of allylic oxidation sites excluding steroid dienone is 4. The largest absolute Gasteiger partial charge is 0.399 e. The minimum atomic E-state index is -1.63. The van der Waals surface area contributed by atoms with Crippen molar-refractivity contribution in [1.82, 2.24) is 0 Å². The summed E-state index contributed by atoms with van der Waals surface area (Å²) >= 11 is 1.31. The van der Waals surface area contributed by atoms with Crippen LogP contribution in [0, 0.1) is 47.2 Å². The van der Waals surface area contributed by atoms with E-state index in [1.807, 2.05) is 38.1 Å². The number of rotatable bonds is 8. The lowest BCUT2D eigenvalue weighted by Gasteiger charge is -2.58. The minimum Gasteiger partial charge on any atom is -0.399 e. The van der Waals surface area contributed by atoms with Gasteiger partial charge in [-0.05, 0) is 85.3 Å². The second-order valence-electron chi connectivity index (χ2n) is 13.8. The van der Waals surface area contributed by atoms with Crippen molar-refractivity contribution in [1.29, 1.82) is 0 Å². The van der Waals surface area contributed by atoms with Crippen LogP contribution in [0.2, 0.25) is 0 Å². The fourth-order valence-electron chi connectivity index (χ4n) is 9.24. The number of anilines is 1. The Balaban J connectivity index is 1.27. The summed E-state index contributed by atoms with van der Waals surface area (Å²) in [7, 11) is 0. The molecule has 0 saturated heterocycles. The second kappa shape index (κ2) is 12.1. The monoisotopic (exact) mass is 635 g/mol. The first-order valence-corrected chi connectivity index (χ1v) is 16.7. The molecule has 6 rings (SSSR count). The van der Waals surface area contributed by atoms with Gasteiger partial charge in [-0.1, -0.05) is 49.8 Å². The van der Waals surface area contributed by atoms with E-state index in [4.69, 9.17) is 10.5 Å². The molecule has 3 fully saturated rings. The maximum atomic E-state index is 16.0. The Hall–Kier alpha value is -2.82. The van der Waals surface area contributed by atoms with Crippen LogP contribution in [-0.2, 0) is 20.1 Å². The standard InChI is InChI=1S/C36H42FNO6S/c1-19-7-9-25(32(37)33(19)45-18-20-5-4-6-22(38)13-20)34(43)44-29-15-26-24-10-8-21-14-23(40)11-12-35(21,2)30(24)27(41)16-36(26,3)31(29)28(42)17-39/h4-7,9,11-14,24,26-27,29-31,34,39,41,43H,8,10,15-18,38H2,1-3H3/t24-,26?,27-,29+,30?,31-,34-,35-,36-/m0/s1. The normalized spacial score (nSPS) is 34.5. The zero-order valence-electron chi connectivity index (χ0n) is 25.9. The summed E-state index contributed by atoms with van der Waals surface area (Å²) in [6.45, 7) is 5.18. The van der Waals surface area contributed by atoms with Gasteiger partial charge in [0.25, 0.3) is 0 Å². The number of carbonyl (C=O) groups excluding carboxylic acids is 2. The van der Waals surface area contributed by atoms with Crippen molar-refractivity contribution in [3.05, 3.63) is 82.7 Å². The van der Waals surface area contributed by atoms with Gasteiger partial charge in [0.05, 0.1) is 18.1 Å². The zero-order valence-corrected chi connectivity index (χ0v) is 26.7. The average molecular weight is 636 g/mol. The van der Waals surface area contributed by atoms with Gasteiger partial charge in [0.15, 0.2) is 17.9 Å². The number of hydrogen-bond donors (Lipinski definition) is 4. The van der Waals surface area contributed by atoms with Gasteiger partial charge in [0.1, 0.15) is 12.4 Å². The summed E-state index contributed by atoms with van der Waals surface area (Å²) in [4.78, 5) is 25.9. The van der Waals surface area contributed by atoms with Gasteiger partial charge in [0.2, 0.25) is 0 Å². The van der Waals surface area contributed by atoms with Crippen molar-refractivity contribution in [3.8, 4) is 0 Å². The van der Waals surface area contributed by atoms with Crippen LogP contribution in [-0.4, -0.2) is 45.7 Å². The highest BCUT2D eigenvalue weighted by atomic mass is 32.2. The molecule has 0 aromatic heterocycles. The molecule has 4 aliphatic rings. The third kappa shape index (κ3) is 5.50. The molecule has 240 valence electrons. The van der Waals surface area contributed by atoms with Gasteiger partial charge >= 0.3 is 0 Å². The third-order valence-electron chi connectivity index (χ3n) is 11.2. The molecule has 0 bridgehead atoms. The molecule has 9 atom stereocenters. The predicted octanol–water partition coefficient (Wildman–Crippen LogP) is 5.45. The van der Waals surface area contributed by atoms with E-state index in [0.717, 1.165) is 23.1 Å². The Kier molecular flexibility index (Phi) is 8.63. The molecular formula is C36H42FNO6S. The molecular weight excluding hydrogens is 593 g/mol. The predicted molar refractivity (Wildman–Crippen MR) is 170 cm³/mol. The molecule has 0 heterocycles. The summed E-state index contributed by atoms with van der Waals surface area (Å²) in [6.07, 6.45) is 4.27. The van der Waals surface area contributed by atoms with Crippen LogP contribution >= 0.6 is 11.8 Å². The van der Waals surface area contributed by atoms with Gasteiger partial charge in [-0.2, -0.15) is 0 Å². The van der Waals surface area contributed by atoms with E-state index < -0.39 is 53.5 Å². The number of benzene rings is 2. The number of ketones is 2. The van der Waals surface area contributed by atoms with E-state index in [-0.39, 0.29) is 29.1 Å². The lowest BCUT2D eigenvalue weighted by molar-refractivity contribution is -0.168. The number of aliphatic hydroxyl groups is 3. The van der Waals surface area contributed by atoms with Crippen LogP contribution in [0.1, 0.15) is 62.5 Å². The smallest absolute Gasteiger partial charge is 0.184 e. The minimum absolute atomic E-state index is 0.0132. The average Bonchev–Trinajstić information content (AvgIpc) is 3.27. The highest BCUT2D eigenvalue weighted by molar-refractivity contribution is 7.98. The number of hydrogen-bond acceptors (Lipinski definition) is 8.